The van der Waals surface area contributed by atoms with Crippen LogP contribution in [0.3, 0.4) is 0 Å². The zero-order valence-corrected chi connectivity index (χ0v) is 22.4. The Bertz CT molecular complexity index is 472. The number of piperidine rings is 1. The lowest BCUT2D eigenvalue weighted by atomic mass is 9.93. The van der Waals surface area contributed by atoms with E-state index in [1.54, 1.807) is 6.92 Å². The molecule has 0 aliphatic carbocycles. The molecule has 1 rings (SSSR count). The quantitative estimate of drug-likeness (QED) is 0.209. The molecular weight excluding hydrogens is 386 g/mol. The number of hydrogen-bond acceptors (Lipinski definition) is 3. The summed E-state index contributed by atoms with van der Waals surface area (Å²) in [6.07, 6.45) is 18.3. The van der Waals surface area contributed by atoms with Crippen LogP contribution < -0.4 is 5.32 Å². The van der Waals surface area contributed by atoms with Crippen molar-refractivity contribution in [3.05, 3.63) is 0 Å². The van der Waals surface area contributed by atoms with Crippen LogP contribution in [0.25, 0.3) is 0 Å². The average molecular weight is 440 g/mol. The average Bonchev–Trinajstić information content (AvgIpc) is 2.63. The highest BCUT2D eigenvalue weighted by molar-refractivity contribution is 6.74. The standard InChI is InChI=1S/C26H53NO2Si/c1-22(28)18-16-14-12-10-8-9-11-13-15-17-19-24-20-21-25(23(2)27-24)29-30(6,7)26(3,4)5/h23-25,27H,8-21H2,1-7H3/t23-,24+,25-/m1/s1. The van der Waals surface area contributed by atoms with Crippen molar-refractivity contribution >= 4 is 14.1 Å². The molecule has 1 saturated heterocycles. The first-order chi connectivity index (χ1) is 14.0. The van der Waals surface area contributed by atoms with Gasteiger partial charge in [0.2, 0.25) is 0 Å². The molecule has 0 radical (unpaired) electrons. The van der Waals surface area contributed by atoms with E-state index in [1.807, 2.05) is 0 Å². The minimum Gasteiger partial charge on any atom is -0.412 e. The first-order valence-corrected chi connectivity index (χ1v) is 15.9. The van der Waals surface area contributed by atoms with Gasteiger partial charge >= 0.3 is 0 Å². The van der Waals surface area contributed by atoms with Gasteiger partial charge in [-0.15, -0.1) is 0 Å². The largest absolute Gasteiger partial charge is 0.412 e. The summed E-state index contributed by atoms with van der Waals surface area (Å²) in [5.74, 6) is 0.340. The van der Waals surface area contributed by atoms with Crippen LogP contribution in [-0.4, -0.2) is 32.3 Å². The Morgan fingerprint density at radius 3 is 1.87 bits per heavy atom. The molecule has 0 aromatic heterocycles. The lowest BCUT2D eigenvalue weighted by Crippen LogP contribution is -2.54. The molecule has 0 aromatic carbocycles. The van der Waals surface area contributed by atoms with Gasteiger partial charge in [-0.25, -0.2) is 0 Å². The number of unbranched alkanes of at least 4 members (excludes halogenated alkanes) is 9. The first kappa shape index (κ1) is 27.8. The lowest BCUT2D eigenvalue weighted by molar-refractivity contribution is -0.117. The van der Waals surface area contributed by atoms with E-state index in [4.69, 9.17) is 4.43 Å². The van der Waals surface area contributed by atoms with Gasteiger partial charge in [0.05, 0.1) is 6.10 Å². The lowest BCUT2D eigenvalue weighted by Gasteiger charge is -2.44. The number of ketones is 1. The van der Waals surface area contributed by atoms with Crippen LogP contribution in [0.1, 0.15) is 125 Å². The molecule has 0 saturated carbocycles. The van der Waals surface area contributed by atoms with E-state index in [0.29, 0.717) is 29.0 Å². The van der Waals surface area contributed by atoms with Crippen molar-refractivity contribution in [2.24, 2.45) is 0 Å². The molecule has 0 spiro atoms. The van der Waals surface area contributed by atoms with Gasteiger partial charge in [0.15, 0.2) is 8.32 Å². The van der Waals surface area contributed by atoms with E-state index in [0.717, 1.165) is 12.8 Å². The van der Waals surface area contributed by atoms with Crippen molar-refractivity contribution in [3.8, 4) is 0 Å². The van der Waals surface area contributed by atoms with Gasteiger partial charge in [-0.1, -0.05) is 78.6 Å². The van der Waals surface area contributed by atoms with Crippen molar-refractivity contribution in [2.45, 2.75) is 161 Å². The minimum absolute atomic E-state index is 0.291. The summed E-state index contributed by atoms with van der Waals surface area (Å²) in [4.78, 5) is 10.9. The smallest absolute Gasteiger partial charge is 0.192 e. The van der Waals surface area contributed by atoms with Crippen molar-refractivity contribution in [1.29, 1.82) is 0 Å². The van der Waals surface area contributed by atoms with Crippen molar-refractivity contribution in [2.75, 3.05) is 0 Å². The fraction of sp³-hybridized carbons (Fsp3) is 0.962. The van der Waals surface area contributed by atoms with Crippen LogP contribution in [0.4, 0.5) is 0 Å². The Hall–Kier alpha value is -0.193. The molecule has 0 aromatic rings. The van der Waals surface area contributed by atoms with Gasteiger partial charge < -0.3 is 14.5 Å². The number of Topliss-reactive ketones (excluding diaryl/α,β-unsaturated/α-hetero) is 1. The molecule has 4 heteroatoms. The zero-order chi connectivity index (χ0) is 22.6. The maximum absolute atomic E-state index is 10.9. The van der Waals surface area contributed by atoms with Crippen molar-refractivity contribution in [3.63, 3.8) is 0 Å². The minimum atomic E-state index is -1.67. The fourth-order valence-electron chi connectivity index (χ4n) is 4.30. The summed E-state index contributed by atoms with van der Waals surface area (Å²) in [6, 6.07) is 1.17. The zero-order valence-electron chi connectivity index (χ0n) is 21.4. The molecule has 0 unspecified atom stereocenters. The summed E-state index contributed by atoms with van der Waals surface area (Å²) in [5.41, 5.74) is 0. The van der Waals surface area contributed by atoms with E-state index in [9.17, 15) is 4.79 Å². The van der Waals surface area contributed by atoms with Gasteiger partial charge in [0.1, 0.15) is 5.78 Å². The number of carbonyl (C=O) groups is 1. The third-order valence-corrected chi connectivity index (χ3v) is 11.9. The molecule has 1 N–H and O–H groups in total. The number of nitrogens with one attached hydrogen (secondary N) is 1. The van der Waals surface area contributed by atoms with Crippen LogP contribution in [0.5, 0.6) is 0 Å². The molecule has 0 bridgehead atoms. The highest BCUT2D eigenvalue weighted by Gasteiger charge is 2.41. The number of rotatable bonds is 15. The summed E-state index contributed by atoms with van der Waals surface area (Å²) >= 11 is 0. The molecule has 1 aliphatic rings. The summed E-state index contributed by atoms with van der Waals surface area (Å²) in [5, 5.41) is 4.15. The molecular formula is C26H53NO2Si. The number of carbonyl (C=O) groups excluding carboxylic acids is 1. The highest BCUT2D eigenvalue weighted by Crippen LogP contribution is 2.38. The molecule has 1 aliphatic heterocycles. The summed E-state index contributed by atoms with van der Waals surface area (Å²) in [7, 11) is -1.67. The Kier molecular flexibility index (Phi) is 13.0. The maximum atomic E-state index is 10.9. The van der Waals surface area contributed by atoms with Gasteiger partial charge in [-0.05, 0) is 57.7 Å². The Balaban J connectivity index is 2.02. The predicted octanol–water partition coefficient (Wildman–Crippen LogP) is 7.79. The summed E-state index contributed by atoms with van der Waals surface area (Å²) < 4.78 is 6.69. The number of hydrogen-bond donors (Lipinski definition) is 1. The van der Waals surface area contributed by atoms with Crippen LogP contribution in [0.15, 0.2) is 0 Å². The monoisotopic (exact) mass is 439 g/mol. The van der Waals surface area contributed by atoms with E-state index in [-0.39, 0.29) is 0 Å². The second-order valence-electron chi connectivity index (χ2n) is 11.4. The molecule has 178 valence electrons. The predicted molar refractivity (Wildman–Crippen MR) is 134 cm³/mol. The normalized spacial score (nSPS) is 23.0. The molecule has 1 fully saturated rings. The van der Waals surface area contributed by atoms with Crippen LogP contribution in [0.2, 0.25) is 18.1 Å². The summed E-state index contributed by atoms with van der Waals surface area (Å²) in [6.45, 7) is 15.8. The Morgan fingerprint density at radius 1 is 0.900 bits per heavy atom. The van der Waals surface area contributed by atoms with Crippen molar-refractivity contribution < 1.29 is 9.22 Å². The van der Waals surface area contributed by atoms with E-state index in [2.05, 4.69) is 46.1 Å². The van der Waals surface area contributed by atoms with E-state index in [1.165, 1.54) is 77.0 Å². The van der Waals surface area contributed by atoms with Gasteiger partial charge in [0, 0.05) is 18.5 Å². The highest BCUT2D eigenvalue weighted by atomic mass is 28.4. The Labute approximate surface area is 189 Å². The molecule has 3 nitrogen and oxygen atoms in total. The molecule has 0 amide bonds. The molecule has 3 atom stereocenters. The van der Waals surface area contributed by atoms with Gasteiger partial charge in [0.25, 0.3) is 0 Å². The maximum Gasteiger partial charge on any atom is 0.192 e. The fourth-order valence-corrected chi connectivity index (χ4v) is 5.73. The van der Waals surface area contributed by atoms with Gasteiger partial charge in [-0.2, -0.15) is 0 Å². The van der Waals surface area contributed by atoms with Crippen LogP contribution in [-0.2, 0) is 9.22 Å². The second-order valence-corrected chi connectivity index (χ2v) is 16.2. The topological polar surface area (TPSA) is 38.3 Å². The first-order valence-electron chi connectivity index (χ1n) is 13.0. The van der Waals surface area contributed by atoms with Crippen LogP contribution >= 0.6 is 0 Å². The van der Waals surface area contributed by atoms with Gasteiger partial charge in [-0.3, -0.25) is 0 Å². The van der Waals surface area contributed by atoms with Crippen molar-refractivity contribution in [1.82, 2.24) is 5.32 Å². The Morgan fingerprint density at radius 2 is 1.40 bits per heavy atom. The van der Waals surface area contributed by atoms with E-state index < -0.39 is 8.32 Å². The van der Waals surface area contributed by atoms with E-state index >= 15 is 0 Å². The second kappa shape index (κ2) is 14.1. The molecule has 1 heterocycles. The third kappa shape index (κ3) is 11.4. The van der Waals surface area contributed by atoms with Crippen LogP contribution in [0, 0.1) is 0 Å². The SMILES string of the molecule is CC(=O)CCCCCCCCCCCC[C@H]1CC[C@@H](O[Si](C)(C)C(C)(C)C)[C@@H](C)N1. The molecule has 30 heavy (non-hydrogen) atoms. The third-order valence-electron chi connectivity index (χ3n) is 7.44.